The van der Waals surface area contributed by atoms with Crippen LogP contribution in [0.2, 0.25) is 0 Å². The summed E-state index contributed by atoms with van der Waals surface area (Å²) < 4.78 is 5.05. The van der Waals surface area contributed by atoms with Crippen molar-refractivity contribution in [2.45, 2.75) is 19.4 Å². The highest BCUT2D eigenvalue weighted by atomic mass is 16.5. The fraction of sp³-hybridized carbons (Fsp3) is 0.417. The van der Waals surface area contributed by atoms with E-state index in [2.05, 4.69) is 0 Å². The molecule has 1 heterocycles. The number of fused-ring (bicyclic) bond motifs is 1. The number of amides is 1. The van der Waals surface area contributed by atoms with Crippen molar-refractivity contribution in [1.82, 2.24) is 0 Å². The first-order valence-electron chi connectivity index (χ1n) is 5.36. The molecule has 2 rings (SSSR count). The zero-order chi connectivity index (χ0) is 11.7. The second kappa shape index (κ2) is 4.14. The summed E-state index contributed by atoms with van der Waals surface area (Å²) in [5.74, 6) is -0.0286. The molecule has 4 heteroatoms. The van der Waals surface area contributed by atoms with Crippen LogP contribution in [0.5, 0.6) is 0 Å². The number of hydrogen-bond acceptors (Lipinski definition) is 3. The molecule has 0 fully saturated rings. The lowest BCUT2D eigenvalue weighted by Gasteiger charge is -2.21. The van der Waals surface area contributed by atoms with Gasteiger partial charge in [0.2, 0.25) is 0 Å². The Balaban J connectivity index is 2.33. The highest BCUT2D eigenvalue weighted by molar-refractivity contribution is 6.01. The average Bonchev–Trinajstić information content (AvgIpc) is 2.72. The molecule has 0 saturated carbocycles. The molecule has 0 radical (unpaired) electrons. The standard InChI is InChI=1S/C12H16N2O2/c1-8(16-2)12(15)14-7-6-9-4-3-5-10(13)11(9)14/h3-5,8H,6-7,13H2,1-2H3. The Hall–Kier alpha value is -1.55. The summed E-state index contributed by atoms with van der Waals surface area (Å²) in [6.45, 7) is 2.44. The first kappa shape index (κ1) is 11.0. The van der Waals surface area contributed by atoms with E-state index < -0.39 is 6.10 Å². The predicted octanol–water partition coefficient (Wildman–Crippen LogP) is 1.19. The third kappa shape index (κ3) is 1.65. The number of para-hydroxylation sites is 1. The Kier molecular flexibility index (Phi) is 2.83. The van der Waals surface area contributed by atoms with E-state index in [0.717, 1.165) is 17.7 Å². The number of carbonyl (C=O) groups is 1. The smallest absolute Gasteiger partial charge is 0.255 e. The summed E-state index contributed by atoms with van der Waals surface area (Å²) in [5.41, 5.74) is 8.56. The summed E-state index contributed by atoms with van der Waals surface area (Å²) in [5, 5.41) is 0. The molecule has 0 spiro atoms. The lowest BCUT2D eigenvalue weighted by Crippen LogP contribution is -2.37. The number of carbonyl (C=O) groups excluding carboxylic acids is 1. The fourth-order valence-electron chi connectivity index (χ4n) is 2.03. The van der Waals surface area contributed by atoms with Crippen molar-refractivity contribution in [1.29, 1.82) is 0 Å². The van der Waals surface area contributed by atoms with Crippen LogP contribution >= 0.6 is 0 Å². The van der Waals surface area contributed by atoms with Crippen LogP contribution in [0.1, 0.15) is 12.5 Å². The van der Waals surface area contributed by atoms with E-state index in [1.165, 1.54) is 7.11 Å². The number of nitrogens with two attached hydrogens (primary N) is 1. The van der Waals surface area contributed by atoms with Crippen LogP contribution < -0.4 is 10.6 Å². The molecule has 0 saturated heterocycles. The SMILES string of the molecule is COC(C)C(=O)N1CCc2cccc(N)c21. The largest absolute Gasteiger partial charge is 0.397 e. The highest BCUT2D eigenvalue weighted by Crippen LogP contribution is 2.33. The number of nitrogens with zero attached hydrogens (tertiary/aromatic N) is 1. The first-order chi connectivity index (χ1) is 7.65. The van der Waals surface area contributed by atoms with Crippen LogP contribution in [0, 0.1) is 0 Å². The van der Waals surface area contributed by atoms with Crippen LogP contribution in [0.3, 0.4) is 0 Å². The van der Waals surface area contributed by atoms with E-state index >= 15 is 0 Å². The molecule has 1 aliphatic heterocycles. The summed E-state index contributed by atoms with van der Waals surface area (Å²) in [7, 11) is 1.54. The van der Waals surface area contributed by atoms with Crippen molar-refractivity contribution in [3.05, 3.63) is 23.8 Å². The van der Waals surface area contributed by atoms with Crippen molar-refractivity contribution in [3.63, 3.8) is 0 Å². The molecule has 1 amide bonds. The fourth-order valence-corrected chi connectivity index (χ4v) is 2.03. The van der Waals surface area contributed by atoms with Gasteiger partial charge in [-0.1, -0.05) is 12.1 Å². The summed E-state index contributed by atoms with van der Waals surface area (Å²) >= 11 is 0. The molecule has 1 unspecified atom stereocenters. The van der Waals surface area contributed by atoms with E-state index in [1.807, 2.05) is 18.2 Å². The Morgan fingerprint density at radius 3 is 3.00 bits per heavy atom. The molecule has 4 nitrogen and oxygen atoms in total. The van der Waals surface area contributed by atoms with E-state index in [4.69, 9.17) is 10.5 Å². The third-order valence-corrected chi connectivity index (χ3v) is 2.99. The van der Waals surface area contributed by atoms with Gasteiger partial charge in [-0.25, -0.2) is 0 Å². The number of benzene rings is 1. The zero-order valence-corrected chi connectivity index (χ0v) is 9.56. The van der Waals surface area contributed by atoms with Gasteiger partial charge in [0.25, 0.3) is 5.91 Å². The van der Waals surface area contributed by atoms with Crippen molar-refractivity contribution in [3.8, 4) is 0 Å². The van der Waals surface area contributed by atoms with Gasteiger partial charge in [-0.05, 0) is 25.0 Å². The Labute approximate surface area is 95.0 Å². The molecule has 1 atom stereocenters. The lowest BCUT2D eigenvalue weighted by atomic mass is 10.1. The minimum absolute atomic E-state index is 0.0286. The molecule has 1 aromatic carbocycles. The van der Waals surface area contributed by atoms with Gasteiger partial charge in [-0.3, -0.25) is 4.79 Å². The first-order valence-corrected chi connectivity index (χ1v) is 5.36. The minimum Gasteiger partial charge on any atom is -0.397 e. The van der Waals surface area contributed by atoms with E-state index in [9.17, 15) is 4.79 Å². The maximum absolute atomic E-state index is 12.0. The van der Waals surface area contributed by atoms with Gasteiger partial charge < -0.3 is 15.4 Å². The predicted molar refractivity (Wildman–Crippen MR) is 63.4 cm³/mol. The second-order valence-electron chi connectivity index (χ2n) is 3.97. The van der Waals surface area contributed by atoms with Crippen molar-refractivity contribution < 1.29 is 9.53 Å². The van der Waals surface area contributed by atoms with Crippen LogP contribution in [0.25, 0.3) is 0 Å². The van der Waals surface area contributed by atoms with E-state index in [-0.39, 0.29) is 5.91 Å². The van der Waals surface area contributed by atoms with Gasteiger partial charge in [-0.15, -0.1) is 0 Å². The van der Waals surface area contributed by atoms with Gasteiger partial charge >= 0.3 is 0 Å². The molecule has 0 bridgehead atoms. The Bertz CT molecular complexity index is 417. The maximum Gasteiger partial charge on any atom is 0.255 e. The number of rotatable bonds is 2. The van der Waals surface area contributed by atoms with E-state index in [0.29, 0.717) is 12.2 Å². The summed E-state index contributed by atoms with van der Waals surface area (Å²) in [4.78, 5) is 13.8. The zero-order valence-electron chi connectivity index (χ0n) is 9.56. The monoisotopic (exact) mass is 220 g/mol. The number of hydrogen-bond donors (Lipinski definition) is 1. The van der Waals surface area contributed by atoms with Crippen molar-refractivity contribution in [2.24, 2.45) is 0 Å². The maximum atomic E-state index is 12.0. The lowest BCUT2D eigenvalue weighted by molar-refractivity contribution is -0.127. The molecule has 86 valence electrons. The summed E-state index contributed by atoms with van der Waals surface area (Å²) in [6, 6.07) is 5.75. The Morgan fingerprint density at radius 2 is 2.31 bits per heavy atom. The minimum atomic E-state index is -0.425. The van der Waals surface area contributed by atoms with Crippen molar-refractivity contribution in [2.75, 3.05) is 24.3 Å². The number of ether oxygens (including phenoxy) is 1. The highest BCUT2D eigenvalue weighted by Gasteiger charge is 2.29. The molecule has 16 heavy (non-hydrogen) atoms. The molecule has 0 aromatic heterocycles. The molecule has 2 N–H and O–H groups in total. The normalized spacial score (nSPS) is 16.0. The van der Waals surface area contributed by atoms with Gasteiger partial charge in [0.05, 0.1) is 11.4 Å². The third-order valence-electron chi connectivity index (χ3n) is 2.99. The van der Waals surface area contributed by atoms with Gasteiger partial charge in [0.1, 0.15) is 6.10 Å². The molecule has 0 aliphatic carbocycles. The molecular formula is C12H16N2O2. The quantitative estimate of drug-likeness (QED) is 0.762. The average molecular weight is 220 g/mol. The van der Waals surface area contributed by atoms with E-state index in [1.54, 1.807) is 11.8 Å². The van der Waals surface area contributed by atoms with Gasteiger partial charge in [0.15, 0.2) is 0 Å². The molecule has 1 aliphatic rings. The van der Waals surface area contributed by atoms with Gasteiger partial charge in [-0.2, -0.15) is 0 Å². The van der Waals surface area contributed by atoms with Crippen LogP contribution in [0.15, 0.2) is 18.2 Å². The topological polar surface area (TPSA) is 55.6 Å². The van der Waals surface area contributed by atoms with Crippen LogP contribution in [0.4, 0.5) is 11.4 Å². The van der Waals surface area contributed by atoms with Crippen LogP contribution in [-0.2, 0) is 16.0 Å². The van der Waals surface area contributed by atoms with Gasteiger partial charge in [0, 0.05) is 13.7 Å². The Morgan fingerprint density at radius 1 is 1.56 bits per heavy atom. The van der Waals surface area contributed by atoms with Crippen molar-refractivity contribution >= 4 is 17.3 Å². The molecule has 1 aromatic rings. The number of methoxy groups -OCH3 is 1. The van der Waals surface area contributed by atoms with Crippen LogP contribution in [-0.4, -0.2) is 25.7 Å². The number of nitrogen functional groups attached to an aromatic ring is 1. The number of anilines is 2. The summed E-state index contributed by atoms with van der Waals surface area (Å²) in [6.07, 6.45) is 0.438. The molecular weight excluding hydrogens is 204 g/mol. The second-order valence-corrected chi connectivity index (χ2v) is 3.97.